The Kier molecular flexibility index (Phi) is 4.98. The minimum Gasteiger partial charge on any atom is -0.313 e. The van der Waals surface area contributed by atoms with Crippen molar-refractivity contribution in [2.24, 2.45) is 0 Å². The van der Waals surface area contributed by atoms with Gasteiger partial charge >= 0.3 is 0 Å². The average molecular weight is 242 g/mol. The molecule has 3 heteroatoms. The van der Waals surface area contributed by atoms with Gasteiger partial charge in [0.2, 0.25) is 0 Å². The largest absolute Gasteiger partial charge is 0.313 e. The Hall–Kier alpha value is -0.680. The number of terminal acetylenes is 1. The van der Waals surface area contributed by atoms with Gasteiger partial charge in [-0.2, -0.15) is 0 Å². The van der Waals surface area contributed by atoms with Crippen LogP contribution >= 0.6 is 23.2 Å². The van der Waals surface area contributed by atoms with Crippen LogP contribution in [-0.4, -0.2) is 7.05 Å². The van der Waals surface area contributed by atoms with Crippen LogP contribution in [-0.2, 0) is 0 Å². The van der Waals surface area contributed by atoms with Crippen molar-refractivity contribution in [3.8, 4) is 12.3 Å². The molecule has 1 aromatic rings. The third kappa shape index (κ3) is 3.14. The van der Waals surface area contributed by atoms with Crippen molar-refractivity contribution >= 4 is 23.2 Å². The molecule has 0 amide bonds. The molecule has 0 aliphatic rings. The number of hydrogen-bond acceptors (Lipinski definition) is 1. The molecule has 1 nitrogen and oxygen atoms in total. The maximum absolute atomic E-state index is 6.11. The first kappa shape index (κ1) is 12.4. The number of nitrogens with one attached hydrogen (secondary N) is 1. The van der Waals surface area contributed by atoms with E-state index in [0.717, 1.165) is 12.0 Å². The van der Waals surface area contributed by atoms with Gasteiger partial charge in [0.25, 0.3) is 0 Å². The molecule has 15 heavy (non-hydrogen) atoms. The Bertz CT molecular complexity index is 348. The van der Waals surface area contributed by atoms with E-state index in [9.17, 15) is 0 Å². The van der Waals surface area contributed by atoms with E-state index >= 15 is 0 Å². The summed E-state index contributed by atoms with van der Waals surface area (Å²) in [6, 6.07) is 5.62. The minimum absolute atomic E-state index is 0.113. The first-order valence-corrected chi connectivity index (χ1v) is 5.51. The molecule has 0 fully saturated rings. The van der Waals surface area contributed by atoms with Gasteiger partial charge in [0.05, 0.1) is 0 Å². The summed E-state index contributed by atoms with van der Waals surface area (Å²) in [6.45, 7) is 0. The molecule has 0 saturated carbocycles. The third-order valence-corrected chi connectivity index (χ3v) is 2.93. The molecule has 1 N–H and O–H groups in total. The fourth-order valence-corrected chi connectivity index (χ4v) is 2.17. The van der Waals surface area contributed by atoms with E-state index in [2.05, 4.69) is 11.2 Å². The standard InChI is InChI=1S/C12H13Cl2N/c1-3-4-8-11(15-2)12-9(13)6-5-7-10(12)14/h1,5-7,11,15H,4,8H2,2H3. The quantitative estimate of drug-likeness (QED) is 0.794. The maximum Gasteiger partial charge on any atom is 0.0468 e. The molecule has 0 heterocycles. The lowest BCUT2D eigenvalue weighted by Crippen LogP contribution is -2.17. The Labute approximate surface area is 101 Å². The first-order chi connectivity index (χ1) is 7.20. The zero-order valence-electron chi connectivity index (χ0n) is 8.56. The summed E-state index contributed by atoms with van der Waals surface area (Å²) >= 11 is 12.2. The van der Waals surface area contributed by atoms with Crippen LogP contribution in [0.25, 0.3) is 0 Å². The highest BCUT2D eigenvalue weighted by Gasteiger charge is 2.15. The number of halogens is 2. The van der Waals surface area contributed by atoms with Gasteiger partial charge in [0.1, 0.15) is 0 Å². The summed E-state index contributed by atoms with van der Waals surface area (Å²) < 4.78 is 0. The van der Waals surface area contributed by atoms with Gasteiger partial charge < -0.3 is 5.32 Å². The molecule has 0 aliphatic heterocycles. The summed E-state index contributed by atoms with van der Waals surface area (Å²) in [5.41, 5.74) is 0.929. The van der Waals surface area contributed by atoms with Crippen molar-refractivity contribution in [2.45, 2.75) is 18.9 Å². The lowest BCUT2D eigenvalue weighted by Gasteiger charge is -2.18. The van der Waals surface area contributed by atoms with E-state index < -0.39 is 0 Å². The molecule has 0 bridgehead atoms. The summed E-state index contributed by atoms with van der Waals surface area (Å²) in [5.74, 6) is 2.62. The normalized spacial score (nSPS) is 12.1. The molecule has 1 unspecified atom stereocenters. The van der Waals surface area contributed by atoms with Gasteiger partial charge in [-0.25, -0.2) is 0 Å². The molecular weight excluding hydrogens is 229 g/mol. The highest BCUT2D eigenvalue weighted by Crippen LogP contribution is 2.32. The van der Waals surface area contributed by atoms with Crippen molar-refractivity contribution < 1.29 is 0 Å². The van der Waals surface area contributed by atoms with Crippen molar-refractivity contribution in [3.63, 3.8) is 0 Å². The highest BCUT2D eigenvalue weighted by atomic mass is 35.5. The fourth-order valence-electron chi connectivity index (χ4n) is 1.50. The van der Waals surface area contributed by atoms with E-state index in [-0.39, 0.29) is 6.04 Å². The monoisotopic (exact) mass is 241 g/mol. The lowest BCUT2D eigenvalue weighted by molar-refractivity contribution is 0.559. The molecule has 80 valence electrons. The third-order valence-electron chi connectivity index (χ3n) is 2.27. The molecule has 1 atom stereocenters. The fraction of sp³-hybridized carbons (Fsp3) is 0.333. The van der Waals surface area contributed by atoms with E-state index in [0.29, 0.717) is 16.5 Å². The summed E-state index contributed by atoms with van der Waals surface area (Å²) in [7, 11) is 1.88. The number of hydrogen-bond donors (Lipinski definition) is 1. The van der Waals surface area contributed by atoms with Crippen molar-refractivity contribution in [3.05, 3.63) is 33.8 Å². The SMILES string of the molecule is C#CCCC(NC)c1c(Cl)cccc1Cl. The van der Waals surface area contributed by atoms with E-state index in [1.54, 1.807) is 0 Å². The molecule has 0 radical (unpaired) electrons. The second kappa shape index (κ2) is 6.02. The van der Waals surface area contributed by atoms with Crippen LogP contribution in [0.15, 0.2) is 18.2 Å². The predicted molar refractivity (Wildman–Crippen MR) is 66.3 cm³/mol. The van der Waals surface area contributed by atoms with Crippen LogP contribution in [0.1, 0.15) is 24.4 Å². The van der Waals surface area contributed by atoms with Crippen LogP contribution in [0.5, 0.6) is 0 Å². The van der Waals surface area contributed by atoms with Crippen molar-refractivity contribution in [1.82, 2.24) is 5.32 Å². The minimum atomic E-state index is 0.113. The van der Waals surface area contributed by atoms with E-state index in [4.69, 9.17) is 29.6 Å². The van der Waals surface area contributed by atoms with Crippen LogP contribution in [0, 0.1) is 12.3 Å². The zero-order valence-corrected chi connectivity index (χ0v) is 10.1. The van der Waals surface area contributed by atoms with Crippen LogP contribution in [0.3, 0.4) is 0 Å². The van der Waals surface area contributed by atoms with Crippen LogP contribution in [0.4, 0.5) is 0 Å². The van der Waals surface area contributed by atoms with Crippen LogP contribution < -0.4 is 5.32 Å². The highest BCUT2D eigenvalue weighted by molar-refractivity contribution is 6.36. The van der Waals surface area contributed by atoms with E-state index in [1.807, 2.05) is 25.2 Å². The second-order valence-electron chi connectivity index (χ2n) is 3.22. The molecule has 0 spiro atoms. The predicted octanol–water partition coefficient (Wildman–Crippen LogP) is 3.67. The van der Waals surface area contributed by atoms with Gasteiger partial charge in [-0.15, -0.1) is 12.3 Å². The van der Waals surface area contributed by atoms with Gasteiger partial charge in [-0.3, -0.25) is 0 Å². The molecule has 1 rings (SSSR count). The maximum atomic E-state index is 6.11. The Morgan fingerprint density at radius 3 is 2.47 bits per heavy atom. The molecule has 0 saturated heterocycles. The Balaban J connectivity index is 2.96. The topological polar surface area (TPSA) is 12.0 Å². The van der Waals surface area contributed by atoms with Crippen molar-refractivity contribution in [1.29, 1.82) is 0 Å². The van der Waals surface area contributed by atoms with Crippen molar-refractivity contribution in [2.75, 3.05) is 7.05 Å². The first-order valence-electron chi connectivity index (χ1n) is 4.75. The molecule has 0 aliphatic carbocycles. The van der Waals surface area contributed by atoms with Gasteiger partial charge in [-0.1, -0.05) is 29.3 Å². The molecule has 1 aromatic carbocycles. The summed E-state index contributed by atoms with van der Waals surface area (Å²) in [5, 5.41) is 4.53. The summed E-state index contributed by atoms with van der Waals surface area (Å²) in [4.78, 5) is 0. The van der Waals surface area contributed by atoms with E-state index in [1.165, 1.54) is 0 Å². The smallest absolute Gasteiger partial charge is 0.0468 e. The Morgan fingerprint density at radius 2 is 2.00 bits per heavy atom. The van der Waals surface area contributed by atoms with Gasteiger partial charge in [0.15, 0.2) is 0 Å². The zero-order chi connectivity index (χ0) is 11.3. The number of benzene rings is 1. The second-order valence-corrected chi connectivity index (χ2v) is 4.03. The number of rotatable bonds is 4. The lowest BCUT2D eigenvalue weighted by atomic mass is 10.0. The van der Waals surface area contributed by atoms with Gasteiger partial charge in [-0.05, 0) is 25.6 Å². The molecular formula is C12H13Cl2N. The molecule has 0 aromatic heterocycles. The summed E-state index contributed by atoms with van der Waals surface area (Å²) in [6.07, 6.45) is 6.77. The van der Waals surface area contributed by atoms with Crippen LogP contribution in [0.2, 0.25) is 10.0 Å². The Morgan fingerprint density at radius 1 is 1.40 bits per heavy atom. The van der Waals surface area contributed by atoms with Gasteiger partial charge in [0, 0.05) is 28.1 Å². The average Bonchev–Trinajstić information content (AvgIpc) is 2.22.